The van der Waals surface area contributed by atoms with Gasteiger partial charge in [0, 0.05) is 57.6 Å². The standard InChI is InChI=1S/C36H46BrFN8O4/c1-10-22(42(5)6)20-49-33-25-17-27(26-18-40-44(9)32(26)34(47)43(7)8)46(23-13-15-45(19-23)35(48)50-36(2,3)4)31(25)24-16-21(12-11-14-39)28(37)29(38)30(24)41-33/h16-18,22-23H,10-13,15,19-20H2,1-9H3. The van der Waals surface area contributed by atoms with E-state index in [9.17, 15) is 14.9 Å². The molecule has 2 atom stereocenters. The predicted octanol–water partition coefficient (Wildman–Crippen LogP) is 6.55. The van der Waals surface area contributed by atoms with Crippen molar-refractivity contribution in [1.82, 2.24) is 34.0 Å². The number of halogens is 2. The molecule has 268 valence electrons. The van der Waals surface area contributed by atoms with Gasteiger partial charge in [0.15, 0.2) is 5.82 Å². The molecule has 14 heteroatoms. The molecular weight excluding hydrogens is 707 g/mol. The van der Waals surface area contributed by atoms with Crippen LogP contribution in [0.4, 0.5) is 9.18 Å². The van der Waals surface area contributed by atoms with Gasteiger partial charge in [0.25, 0.3) is 5.91 Å². The number of hydrogen-bond donors (Lipinski definition) is 0. The van der Waals surface area contributed by atoms with Crippen molar-refractivity contribution in [1.29, 1.82) is 5.26 Å². The minimum atomic E-state index is -0.667. The normalized spacial score (nSPS) is 15.6. The summed E-state index contributed by atoms with van der Waals surface area (Å²) in [7, 11) is 9.06. The van der Waals surface area contributed by atoms with Gasteiger partial charge in [-0.15, -0.1) is 0 Å². The number of rotatable bonds is 10. The first-order valence-corrected chi connectivity index (χ1v) is 17.6. The smallest absolute Gasteiger partial charge is 0.410 e. The van der Waals surface area contributed by atoms with Crippen LogP contribution in [-0.2, 0) is 18.2 Å². The highest BCUT2D eigenvalue weighted by Gasteiger charge is 2.35. The maximum absolute atomic E-state index is 16.4. The lowest BCUT2D eigenvalue weighted by molar-refractivity contribution is 0.0289. The summed E-state index contributed by atoms with van der Waals surface area (Å²) in [5, 5.41) is 15.0. The predicted molar refractivity (Wildman–Crippen MR) is 194 cm³/mol. The number of ether oxygens (including phenoxy) is 2. The highest BCUT2D eigenvalue weighted by atomic mass is 79.9. The monoisotopic (exact) mass is 752 g/mol. The topological polar surface area (TPSA) is 122 Å². The third kappa shape index (κ3) is 7.16. The van der Waals surface area contributed by atoms with Crippen molar-refractivity contribution >= 4 is 49.7 Å². The molecule has 0 spiro atoms. The van der Waals surface area contributed by atoms with Crippen LogP contribution in [0, 0.1) is 17.1 Å². The molecule has 1 aliphatic heterocycles. The van der Waals surface area contributed by atoms with E-state index < -0.39 is 17.5 Å². The lowest BCUT2D eigenvalue weighted by Crippen LogP contribution is -2.35. The molecule has 0 saturated carbocycles. The number of aromatic nitrogens is 4. The van der Waals surface area contributed by atoms with Crippen molar-refractivity contribution in [2.45, 2.75) is 71.1 Å². The van der Waals surface area contributed by atoms with Gasteiger partial charge in [0.05, 0.1) is 39.4 Å². The Bertz CT molecular complexity index is 1970. The quantitative estimate of drug-likeness (QED) is 0.179. The van der Waals surface area contributed by atoms with E-state index in [2.05, 4.69) is 43.5 Å². The first kappa shape index (κ1) is 37.0. The number of hydrogen-bond acceptors (Lipinski definition) is 8. The molecule has 5 rings (SSSR count). The number of carbonyl (C=O) groups is 2. The van der Waals surface area contributed by atoms with Crippen molar-refractivity contribution in [2.75, 3.05) is 47.9 Å². The van der Waals surface area contributed by atoms with Gasteiger partial charge in [-0.1, -0.05) is 6.92 Å². The Morgan fingerprint density at radius 3 is 2.54 bits per heavy atom. The van der Waals surface area contributed by atoms with Crippen LogP contribution in [0.15, 0.2) is 22.8 Å². The molecular formula is C36H46BrFN8O4. The summed E-state index contributed by atoms with van der Waals surface area (Å²) < 4.78 is 32.5. The number of fused-ring (bicyclic) bond motifs is 3. The van der Waals surface area contributed by atoms with E-state index in [0.29, 0.717) is 71.3 Å². The number of aryl methyl sites for hydroxylation is 2. The average molecular weight is 754 g/mol. The van der Waals surface area contributed by atoms with E-state index in [1.807, 2.05) is 47.0 Å². The minimum Gasteiger partial charge on any atom is -0.476 e. The second-order valence-electron chi connectivity index (χ2n) is 14.2. The first-order valence-electron chi connectivity index (χ1n) is 16.8. The van der Waals surface area contributed by atoms with E-state index in [1.165, 1.54) is 4.90 Å². The third-order valence-electron chi connectivity index (χ3n) is 9.12. The molecule has 0 N–H and O–H groups in total. The van der Waals surface area contributed by atoms with Crippen molar-refractivity contribution in [3.8, 4) is 23.2 Å². The number of pyridine rings is 1. The molecule has 1 aliphatic rings. The van der Waals surface area contributed by atoms with Gasteiger partial charge in [-0.25, -0.2) is 14.2 Å². The van der Waals surface area contributed by atoms with Crippen LogP contribution in [0.2, 0.25) is 0 Å². The van der Waals surface area contributed by atoms with E-state index in [4.69, 9.17) is 14.5 Å². The molecule has 12 nitrogen and oxygen atoms in total. The van der Waals surface area contributed by atoms with Gasteiger partial charge in [0.2, 0.25) is 5.88 Å². The second kappa shape index (κ2) is 14.6. The maximum atomic E-state index is 16.4. The molecule has 4 aromatic rings. The molecule has 3 aromatic heterocycles. The largest absolute Gasteiger partial charge is 0.476 e. The van der Waals surface area contributed by atoms with E-state index in [-0.39, 0.29) is 40.3 Å². The molecule has 2 amide bonds. The van der Waals surface area contributed by atoms with Crippen molar-refractivity contribution in [2.24, 2.45) is 7.05 Å². The van der Waals surface area contributed by atoms with Crippen molar-refractivity contribution in [3.05, 3.63) is 39.9 Å². The van der Waals surface area contributed by atoms with Crippen LogP contribution in [0.3, 0.4) is 0 Å². The molecule has 0 bridgehead atoms. The van der Waals surface area contributed by atoms with Crippen LogP contribution in [0.5, 0.6) is 5.88 Å². The summed E-state index contributed by atoms with van der Waals surface area (Å²) in [6.07, 6.45) is 3.18. The summed E-state index contributed by atoms with van der Waals surface area (Å²) in [5.41, 5.74) is 2.36. The van der Waals surface area contributed by atoms with Crippen LogP contribution in [0.1, 0.15) is 69.1 Å². The maximum Gasteiger partial charge on any atom is 0.410 e. The fourth-order valence-corrected chi connectivity index (χ4v) is 7.00. The Balaban J connectivity index is 1.85. The van der Waals surface area contributed by atoms with Gasteiger partial charge < -0.3 is 28.7 Å². The second-order valence-corrected chi connectivity index (χ2v) is 15.0. The van der Waals surface area contributed by atoms with Crippen LogP contribution in [0.25, 0.3) is 33.1 Å². The summed E-state index contributed by atoms with van der Waals surface area (Å²) in [6, 6.07) is 5.76. The van der Waals surface area contributed by atoms with Gasteiger partial charge >= 0.3 is 6.09 Å². The Hall–Kier alpha value is -4.22. The summed E-state index contributed by atoms with van der Waals surface area (Å²) in [5.74, 6) is -0.527. The summed E-state index contributed by atoms with van der Waals surface area (Å²) in [4.78, 5) is 36.9. The van der Waals surface area contributed by atoms with Gasteiger partial charge in [-0.05, 0) is 87.8 Å². The SMILES string of the molecule is CCC(COc1nc2c(F)c(Br)c(CCC#N)cc2c2c1cc(-c1cnn(C)c1C(=O)N(C)C)n2C1CCN(C(=O)OC(C)(C)C)C1)N(C)C. The highest BCUT2D eigenvalue weighted by molar-refractivity contribution is 9.10. The Labute approximate surface area is 300 Å². The zero-order chi connectivity index (χ0) is 36.7. The minimum absolute atomic E-state index is 0.0777. The van der Waals surface area contributed by atoms with E-state index >= 15 is 4.39 Å². The van der Waals surface area contributed by atoms with E-state index in [1.54, 1.807) is 36.9 Å². The van der Waals surface area contributed by atoms with Gasteiger partial charge in [-0.3, -0.25) is 9.48 Å². The molecule has 1 aromatic carbocycles. The molecule has 0 radical (unpaired) electrons. The lowest BCUT2D eigenvalue weighted by atomic mass is 10.0. The van der Waals surface area contributed by atoms with Gasteiger partial charge in [-0.2, -0.15) is 10.4 Å². The van der Waals surface area contributed by atoms with Crippen LogP contribution >= 0.6 is 15.9 Å². The summed E-state index contributed by atoms with van der Waals surface area (Å²) in [6.45, 7) is 8.65. The molecule has 0 aliphatic carbocycles. The zero-order valence-corrected chi connectivity index (χ0v) is 31.9. The average Bonchev–Trinajstić information content (AvgIpc) is 3.78. The Kier molecular flexibility index (Phi) is 10.8. The van der Waals surface area contributed by atoms with E-state index in [0.717, 1.165) is 6.42 Å². The lowest BCUT2D eigenvalue weighted by Gasteiger charge is -2.25. The number of likely N-dealkylation sites (tertiary alicyclic amines) is 1. The number of likely N-dealkylation sites (N-methyl/N-ethyl adjacent to an activating group) is 1. The molecule has 50 heavy (non-hydrogen) atoms. The molecule has 4 heterocycles. The van der Waals surface area contributed by atoms with Crippen molar-refractivity contribution in [3.63, 3.8) is 0 Å². The highest BCUT2D eigenvalue weighted by Crippen LogP contribution is 2.44. The van der Waals surface area contributed by atoms with Crippen LogP contribution in [-0.4, -0.2) is 106 Å². The zero-order valence-electron chi connectivity index (χ0n) is 30.3. The molecule has 1 fully saturated rings. The number of nitrogens with zero attached hydrogens (tertiary/aromatic N) is 8. The fourth-order valence-electron chi connectivity index (χ4n) is 6.50. The Morgan fingerprint density at radius 2 is 1.92 bits per heavy atom. The third-order valence-corrected chi connectivity index (χ3v) is 9.97. The number of carbonyl (C=O) groups excluding carboxylic acids is 2. The molecule has 2 unspecified atom stereocenters. The van der Waals surface area contributed by atoms with Crippen molar-refractivity contribution < 1.29 is 23.5 Å². The molecule has 1 saturated heterocycles. The first-order chi connectivity index (χ1) is 23.6. The number of benzene rings is 1. The number of nitriles is 1. The van der Waals surface area contributed by atoms with Gasteiger partial charge in [0.1, 0.15) is 23.4 Å². The van der Waals surface area contributed by atoms with Crippen LogP contribution < -0.4 is 4.74 Å². The fraction of sp³-hybridized carbons (Fsp3) is 0.528. The Morgan fingerprint density at radius 1 is 1.20 bits per heavy atom. The summed E-state index contributed by atoms with van der Waals surface area (Å²) >= 11 is 3.44. The number of amides is 2.